The van der Waals surface area contributed by atoms with Crippen LogP contribution in [0.25, 0.3) is 0 Å². The van der Waals surface area contributed by atoms with Crippen molar-refractivity contribution in [3.05, 3.63) is 11.7 Å². The Bertz CT molecular complexity index is 545. The number of rotatable bonds is 5. The summed E-state index contributed by atoms with van der Waals surface area (Å²) in [4.78, 5) is 18.6. The molecule has 2 aliphatic rings. The maximum absolute atomic E-state index is 12.7. The molecule has 2 fully saturated rings. The molecule has 1 aromatic heterocycles. The Kier molecular flexibility index (Phi) is 4.18. The van der Waals surface area contributed by atoms with E-state index in [2.05, 4.69) is 10.1 Å². The molecule has 5 unspecified atom stereocenters. The van der Waals surface area contributed by atoms with E-state index in [0.717, 1.165) is 12.8 Å². The molecule has 7 nitrogen and oxygen atoms in total. The van der Waals surface area contributed by atoms with Gasteiger partial charge in [0.2, 0.25) is 11.8 Å². The van der Waals surface area contributed by atoms with E-state index < -0.39 is 0 Å². The van der Waals surface area contributed by atoms with Crippen LogP contribution in [0.3, 0.4) is 0 Å². The van der Waals surface area contributed by atoms with Crippen LogP contribution in [-0.4, -0.2) is 41.1 Å². The van der Waals surface area contributed by atoms with Crippen LogP contribution in [0, 0.1) is 17.8 Å². The zero-order chi connectivity index (χ0) is 15.9. The molecule has 2 aliphatic carbocycles. The molecule has 1 aromatic rings. The molecule has 2 bridgehead atoms. The van der Waals surface area contributed by atoms with Crippen LogP contribution in [-0.2, 0) is 16.1 Å². The highest BCUT2D eigenvalue weighted by Crippen LogP contribution is 2.48. The van der Waals surface area contributed by atoms with E-state index in [1.165, 1.54) is 6.42 Å². The van der Waals surface area contributed by atoms with Gasteiger partial charge in [-0.2, -0.15) is 4.98 Å². The van der Waals surface area contributed by atoms with E-state index in [1.807, 2.05) is 6.92 Å². The van der Waals surface area contributed by atoms with Gasteiger partial charge in [-0.25, -0.2) is 0 Å². The Hall–Kier alpha value is -1.47. The van der Waals surface area contributed by atoms with Gasteiger partial charge < -0.3 is 19.9 Å². The fourth-order valence-electron chi connectivity index (χ4n) is 3.84. The lowest BCUT2D eigenvalue weighted by molar-refractivity contribution is -0.137. The van der Waals surface area contributed by atoms with Gasteiger partial charge in [-0.15, -0.1) is 0 Å². The van der Waals surface area contributed by atoms with Gasteiger partial charge >= 0.3 is 0 Å². The number of nitrogens with zero attached hydrogens (tertiary/aromatic N) is 3. The van der Waals surface area contributed by atoms with Crippen LogP contribution in [0.15, 0.2) is 4.52 Å². The SMILES string of the molecule is COC(C)c1noc(CN(C)C(=O)C2C3CCC(C3)C2N)n1. The Morgan fingerprint density at radius 3 is 2.86 bits per heavy atom. The normalized spacial score (nSPS) is 31.5. The summed E-state index contributed by atoms with van der Waals surface area (Å²) < 4.78 is 10.3. The Labute approximate surface area is 130 Å². The first-order valence-electron chi connectivity index (χ1n) is 7.87. The average Bonchev–Trinajstić information content (AvgIpc) is 3.21. The highest BCUT2D eigenvalue weighted by molar-refractivity contribution is 5.80. The monoisotopic (exact) mass is 308 g/mol. The molecule has 7 heteroatoms. The minimum atomic E-state index is -0.225. The molecule has 122 valence electrons. The van der Waals surface area contributed by atoms with Crippen LogP contribution in [0.1, 0.15) is 44.0 Å². The molecule has 1 heterocycles. The lowest BCUT2D eigenvalue weighted by atomic mass is 9.84. The molecular formula is C15H24N4O3. The number of methoxy groups -OCH3 is 1. The van der Waals surface area contributed by atoms with E-state index in [9.17, 15) is 4.79 Å². The molecule has 2 N–H and O–H groups in total. The standard InChI is InChI=1S/C15H24N4O3/c1-8(21-3)14-17-11(22-18-14)7-19(2)15(20)12-9-4-5-10(6-9)13(12)16/h8-10,12-13H,4-7,16H2,1-3H3. The number of hydrogen-bond donors (Lipinski definition) is 1. The molecule has 2 saturated carbocycles. The van der Waals surface area contributed by atoms with E-state index in [-0.39, 0.29) is 24.0 Å². The maximum Gasteiger partial charge on any atom is 0.246 e. The minimum Gasteiger partial charge on any atom is -0.374 e. The van der Waals surface area contributed by atoms with E-state index in [4.69, 9.17) is 15.0 Å². The van der Waals surface area contributed by atoms with Gasteiger partial charge in [0.25, 0.3) is 0 Å². The molecule has 0 radical (unpaired) electrons. The number of fused-ring (bicyclic) bond motifs is 2. The second-order valence-electron chi connectivity index (χ2n) is 6.55. The zero-order valence-electron chi connectivity index (χ0n) is 13.4. The number of carbonyl (C=O) groups excluding carboxylic acids is 1. The predicted molar refractivity (Wildman–Crippen MR) is 78.5 cm³/mol. The van der Waals surface area contributed by atoms with Gasteiger partial charge in [0.05, 0.1) is 12.5 Å². The number of carbonyl (C=O) groups is 1. The van der Waals surface area contributed by atoms with E-state index >= 15 is 0 Å². The summed E-state index contributed by atoms with van der Waals surface area (Å²) in [6.07, 6.45) is 3.17. The lowest BCUT2D eigenvalue weighted by Gasteiger charge is -2.30. The molecule has 0 spiro atoms. The number of ether oxygens (including phenoxy) is 1. The van der Waals surface area contributed by atoms with Gasteiger partial charge in [0.1, 0.15) is 6.10 Å². The van der Waals surface area contributed by atoms with Crippen molar-refractivity contribution in [2.24, 2.45) is 23.5 Å². The average molecular weight is 308 g/mol. The summed E-state index contributed by atoms with van der Waals surface area (Å²) >= 11 is 0. The van der Waals surface area contributed by atoms with Crippen molar-refractivity contribution in [3.8, 4) is 0 Å². The first-order chi connectivity index (χ1) is 10.5. The second kappa shape index (κ2) is 5.96. The van der Waals surface area contributed by atoms with Gasteiger partial charge in [-0.05, 0) is 38.0 Å². The van der Waals surface area contributed by atoms with E-state index in [1.54, 1.807) is 19.1 Å². The van der Waals surface area contributed by atoms with Crippen molar-refractivity contribution in [3.63, 3.8) is 0 Å². The van der Waals surface area contributed by atoms with Crippen molar-refractivity contribution < 1.29 is 14.1 Å². The Morgan fingerprint density at radius 1 is 1.50 bits per heavy atom. The van der Waals surface area contributed by atoms with Crippen molar-refractivity contribution >= 4 is 5.91 Å². The van der Waals surface area contributed by atoms with Gasteiger partial charge in [0.15, 0.2) is 5.82 Å². The first-order valence-corrected chi connectivity index (χ1v) is 7.87. The molecule has 1 amide bonds. The highest BCUT2D eigenvalue weighted by Gasteiger charge is 2.49. The molecule has 3 rings (SSSR count). The topological polar surface area (TPSA) is 94.5 Å². The molecule has 0 aliphatic heterocycles. The fourth-order valence-corrected chi connectivity index (χ4v) is 3.84. The largest absolute Gasteiger partial charge is 0.374 e. The van der Waals surface area contributed by atoms with Crippen molar-refractivity contribution in [1.82, 2.24) is 15.0 Å². The molecule has 0 aromatic carbocycles. The van der Waals surface area contributed by atoms with Gasteiger partial charge in [-0.1, -0.05) is 5.16 Å². The summed E-state index contributed by atoms with van der Waals surface area (Å²) in [5.41, 5.74) is 6.24. The van der Waals surface area contributed by atoms with Crippen LogP contribution in [0.2, 0.25) is 0 Å². The summed E-state index contributed by atoms with van der Waals surface area (Å²) in [5, 5.41) is 3.88. The summed E-state index contributed by atoms with van der Waals surface area (Å²) in [7, 11) is 3.36. The number of nitrogens with two attached hydrogens (primary N) is 1. The Morgan fingerprint density at radius 2 is 2.23 bits per heavy atom. The van der Waals surface area contributed by atoms with E-state index in [0.29, 0.717) is 30.1 Å². The highest BCUT2D eigenvalue weighted by atomic mass is 16.5. The molecule has 22 heavy (non-hydrogen) atoms. The van der Waals surface area contributed by atoms with Crippen LogP contribution < -0.4 is 5.73 Å². The quantitative estimate of drug-likeness (QED) is 0.875. The molecule has 0 saturated heterocycles. The third-order valence-electron chi connectivity index (χ3n) is 5.22. The first kappa shape index (κ1) is 15.4. The molecular weight excluding hydrogens is 284 g/mol. The summed E-state index contributed by atoms with van der Waals surface area (Å²) in [6, 6.07) is 0.000426. The Balaban J connectivity index is 1.63. The third kappa shape index (κ3) is 2.63. The van der Waals surface area contributed by atoms with Crippen molar-refractivity contribution in [2.75, 3.05) is 14.2 Å². The smallest absolute Gasteiger partial charge is 0.246 e. The van der Waals surface area contributed by atoms with Crippen LogP contribution >= 0.6 is 0 Å². The fraction of sp³-hybridized carbons (Fsp3) is 0.800. The van der Waals surface area contributed by atoms with Crippen molar-refractivity contribution in [1.29, 1.82) is 0 Å². The van der Waals surface area contributed by atoms with Crippen LogP contribution in [0.5, 0.6) is 0 Å². The zero-order valence-corrected chi connectivity index (χ0v) is 13.4. The second-order valence-corrected chi connectivity index (χ2v) is 6.55. The summed E-state index contributed by atoms with van der Waals surface area (Å²) in [5.74, 6) is 1.93. The van der Waals surface area contributed by atoms with Gasteiger partial charge in [0, 0.05) is 20.2 Å². The molecule has 5 atom stereocenters. The predicted octanol–water partition coefficient (Wildman–Crippen LogP) is 1.11. The van der Waals surface area contributed by atoms with Gasteiger partial charge in [-0.3, -0.25) is 4.79 Å². The number of aromatic nitrogens is 2. The summed E-state index contributed by atoms with van der Waals surface area (Å²) in [6.45, 7) is 2.15. The number of hydrogen-bond acceptors (Lipinski definition) is 6. The maximum atomic E-state index is 12.7. The minimum absolute atomic E-state index is 0.000426. The lowest BCUT2D eigenvalue weighted by Crippen LogP contribution is -2.45. The number of amides is 1. The van der Waals surface area contributed by atoms with Crippen LogP contribution in [0.4, 0.5) is 0 Å². The third-order valence-corrected chi connectivity index (χ3v) is 5.22. The van der Waals surface area contributed by atoms with Crippen molar-refractivity contribution in [2.45, 2.75) is 44.9 Å².